The summed E-state index contributed by atoms with van der Waals surface area (Å²) in [5, 5.41) is 0. The van der Waals surface area contributed by atoms with Crippen LogP contribution < -0.4 is 25.7 Å². The monoisotopic (exact) mass is 276 g/mol. The predicted molar refractivity (Wildman–Crippen MR) is 73.9 cm³/mol. The van der Waals surface area contributed by atoms with Crippen molar-refractivity contribution < 1.29 is 14.2 Å². The minimum absolute atomic E-state index is 0. The summed E-state index contributed by atoms with van der Waals surface area (Å²) in [4.78, 5) is 0. The first-order chi connectivity index (χ1) is 8.19. The lowest BCUT2D eigenvalue weighted by atomic mass is 10.0. The van der Waals surface area contributed by atoms with Gasteiger partial charge in [0.15, 0.2) is 11.5 Å². The average Bonchev–Trinajstić information content (AvgIpc) is 2.36. The Morgan fingerprint density at radius 2 is 1.67 bits per heavy atom. The predicted octanol–water partition coefficient (Wildman–Crippen LogP) is 1.48. The van der Waals surface area contributed by atoms with Crippen LogP contribution in [0.4, 0.5) is 0 Å². The third-order valence-electron chi connectivity index (χ3n) is 2.61. The highest BCUT2D eigenvalue weighted by atomic mass is 35.5. The van der Waals surface area contributed by atoms with Crippen LogP contribution in [0.25, 0.3) is 0 Å². The SMILES string of the molecule is COc1ccc([C@@H](N)CCN)c(OC)c1OC.Cl. The first-order valence-corrected chi connectivity index (χ1v) is 5.44. The van der Waals surface area contributed by atoms with Crippen molar-refractivity contribution in [1.82, 2.24) is 0 Å². The second-order valence-electron chi connectivity index (χ2n) is 3.61. The van der Waals surface area contributed by atoms with Gasteiger partial charge >= 0.3 is 0 Å². The topological polar surface area (TPSA) is 79.7 Å². The van der Waals surface area contributed by atoms with E-state index in [0.29, 0.717) is 30.2 Å². The maximum atomic E-state index is 6.04. The molecule has 0 aliphatic heterocycles. The molecule has 1 atom stereocenters. The highest BCUT2D eigenvalue weighted by molar-refractivity contribution is 5.85. The van der Waals surface area contributed by atoms with E-state index in [1.807, 2.05) is 12.1 Å². The Morgan fingerprint density at radius 1 is 1.06 bits per heavy atom. The third-order valence-corrected chi connectivity index (χ3v) is 2.61. The quantitative estimate of drug-likeness (QED) is 0.823. The van der Waals surface area contributed by atoms with E-state index in [9.17, 15) is 0 Å². The molecule has 0 bridgehead atoms. The Morgan fingerprint density at radius 3 is 2.11 bits per heavy atom. The van der Waals surface area contributed by atoms with Crippen LogP contribution in [0.1, 0.15) is 18.0 Å². The highest BCUT2D eigenvalue weighted by Crippen LogP contribution is 2.41. The molecule has 0 spiro atoms. The molecule has 1 aromatic rings. The Balaban J connectivity index is 0.00000289. The third kappa shape index (κ3) is 3.41. The fourth-order valence-electron chi connectivity index (χ4n) is 1.75. The number of halogens is 1. The van der Waals surface area contributed by atoms with Gasteiger partial charge in [0.25, 0.3) is 0 Å². The zero-order valence-electron chi connectivity index (χ0n) is 10.9. The van der Waals surface area contributed by atoms with E-state index in [-0.39, 0.29) is 18.4 Å². The molecule has 18 heavy (non-hydrogen) atoms. The van der Waals surface area contributed by atoms with Crippen LogP contribution in [0, 0.1) is 0 Å². The summed E-state index contributed by atoms with van der Waals surface area (Å²) in [5.74, 6) is 1.78. The smallest absolute Gasteiger partial charge is 0.203 e. The molecule has 6 heteroatoms. The molecule has 0 unspecified atom stereocenters. The second-order valence-corrected chi connectivity index (χ2v) is 3.61. The molecule has 4 N–H and O–H groups in total. The molecule has 0 aliphatic carbocycles. The van der Waals surface area contributed by atoms with Gasteiger partial charge in [0.05, 0.1) is 21.3 Å². The van der Waals surface area contributed by atoms with Crippen molar-refractivity contribution in [3.63, 3.8) is 0 Å². The zero-order valence-corrected chi connectivity index (χ0v) is 11.8. The number of rotatable bonds is 6. The van der Waals surface area contributed by atoms with E-state index in [1.165, 1.54) is 0 Å². The summed E-state index contributed by atoms with van der Waals surface area (Å²) < 4.78 is 15.8. The molecule has 1 aromatic carbocycles. The van der Waals surface area contributed by atoms with Crippen LogP contribution in [-0.4, -0.2) is 27.9 Å². The summed E-state index contributed by atoms with van der Waals surface area (Å²) in [6.45, 7) is 0.526. The number of methoxy groups -OCH3 is 3. The van der Waals surface area contributed by atoms with E-state index in [2.05, 4.69) is 0 Å². The molecule has 5 nitrogen and oxygen atoms in total. The zero-order chi connectivity index (χ0) is 12.8. The summed E-state index contributed by atoms with van der Waals surface area (Å²) in [7, 11) is 4.73. The van der Waals surface area contributed by atoms with Crippen molar-refractivity contribution in [3.05, 3.63) is 17.7 Å². The Hall–Kier alpha value is -1.17. The molecule has 104 valence electrons. The maximum absolute atomic E-state index is 6.04. The summed E-state index contributed by atoms with van der Waals surface area (Å²) in [5.41, 5.74) is 12.4. The fraction of sp³-hybridized carbons (Fsp3) is 0.500. The van der Waals surface area contributed by atoms with Crippen LogP contribution in [0.5, 0.6) is 17.2 Å². The van der Waals surface area contributed by atoms with Gasteiger partial charge < -0.3 is 25.7 Å². The van der Waals surface area contributed by atoms with Crippen LogP contribution in [0.2, 0.25) is 0 Å². The van der Waals surface area contributed by atoms with Gasteiger partial charge in [-0.15, -0.1) is 12.4 Å². The van der Waals surface area contributed by atoms with Crippen molar-refractivity contribution in [1.29, 1.82) is 0 Å². The molecule has 0 radical (unpaired) electrons. The minimum atomic E-state index is -0.172. The van der Waals surface area contributed by atoms with Crippen LogP contribution >= 0.6 is 12.4 Å². The molecule has 0 aromatic heterocycles. The largest absolute Gasteiger partial charge is 0.493 e. The number of benzene rings is 1. The van der Waals surface area contributed by atoms with Crippen molar-refractivity contribution in [3.8, 4) is 17.2 Å². The first-order valence-electron chi connectivity index (χ1n) is 5.44. The normalized spacial score (nSPS) is 11.4. The minimum Gasteiger partial charge on any atom is -0.493 e. The van der Waals surface area contributed by atoms with Crippen molar-refractivity contribution >= 4 is 12.4 Å². The van der Waals surface area contributed by atoms with Crippen molar-refractivity contribution in [2.75, 3.05) is 27.9 Å². The molecular weight excluding hydrogens is 256 g/mol. The lowest BCUT2D eigenvalue weighted by molar-refractivity contribution is 0.320. The van der Waals surface area contributed by atoms with Crippen LogP contribution in [0.3, 0.4) is 0 Å². The Labute approximate surface area is 114 Å². The van der Waals surface area contributed by atoms with Gasteiger partial charge in [0, 0.05) is 11.6 Å². The van der Waals surface area contributed by atoms with E-state index < -0.39 is 0 Å². The van der Waals surface area contributed by atoms with Gasteiger partial charge in [-0.2, -0.15) is 0 Å². The molecule has 0 aliphatic rings. The summed E-state index contributed by atoms with van der Waals surface area (Å²) in [6.07, 6.45) is 0.686. The molecular formula is C12H21ClN2O3. The average molecular weight is 277 g/mol. The first kappa shape index (κ1) is 16.8. The number of hydrogen-bond donors (Lipinski definition) is 2. The second kappa shape index (κ2) is 8.02. The summed E-state index contributed by atoms with van der Waals surface area (Å²) >= 11 is 0. The van der Waals surface area contributed by atoms with Gasteiger partial charge in [-0.3, -0.25) is 0 Å². The van der Waals surface area contributed by atoms with Crippen LogP contribution in [0.15, 0.2) is 12.1 Å². The molecule has 0 saturated heterocycles. The van der Waals surface area contributed by atoms with E-state index >= 15 is 0 Å². The molecule has 0 fully saturated rings. The lowest BCUT2D eigenvalue weighted by Crippen LogP contribution is -2.16. The number of hydrogen-bond acceptors (Lipinski definition) is 5. The van der Waals surface area contributed by atoms with Gasteiger partial charge in [0.2, 0.25) is 5.75 Å². The Kier molecular flexibility index (Phi) is 7.50. The van der Waals surface area contributed by atoms with Crippen molar-refractivity contribution in [2.45, 2.75) is 12.5 Å². The molecule has 0 amide bonds. The maximum Gasteiger partial charge on any atom is 0.203 e. The van der Waals surface area contributed by atoms with Gasteiger partial charge in [0.1, 0.15) is 0 Å². The lowest BCUT2D eigenvalue weighted by Gasteiger charge is -2.19. The molecule has 1 rings (SSSR count). The standard InChI is InChI=1S/C12H20N2O3.ClH/c1-15-10-5-4-8(9(14)6-7-13)11(16-2)12(10)17-3;/h4-5,9H,6-7,13-14H2,1-3H3;1H/t9-;/m0./s1. The van der Waals surface area contributed by atoms with Crippen LogP contribution in [-0.2, 0) is 0 Å². The Bertz CT molecular complexity index is 375. The van der Waals surface area contributed by atoms with Crippen molar-refractivity contribution in [2.24, 2.45) is 11.5 Å². The summed E-state index contributed by atoms with van der Waals surface area (Å²) in [6, 6.07) is 3.52. The van der Waals surface area contributed by atoms with E-state index in [0.717, 1.165) is 5.56 Å². The van der Waals surface area contributed by atoms with Gasteiger partial charge in [-0.25, -0.2) is 0 Å². The van der Waals surface area contributed by atoms with E-state index in [1.54, 1.807) is 21.3 Å². The highest BCUT2D eigenvalue weighted by Gasteiger charge is 2.19. The molecule has 0 heterocycles. The number of nitrogens with two attached hydrogens (primary N) is 2. The van der Waals surface area contributed by atoms with Gasteiger partial charge in [-0.05, 0) is 25.1 Å². The van der Waals surface area contributed by atoms with Gasteiger partial charge in [-0.1, -0.05) is 0 Å². The molecule has 0 saturated carbocycles. The van der Waals surface area contributed by atoms with E-state index in [4.69, 9.17) is 25.7 Å². The fourth-order valence-corrected chi connectivity index (χ4v) is 1.75. The number of ether oxygens (including phenoxy) is 3.